The summed E-state index contributed by atoms with van der Waals surface area (Å²) in [5.41, 5.74) is 6.94. The van der Waals surface area contributed by atoms with Gasteiger partial charge >= 0.3 is 0 Å². The topological polar surface area (TPSA) is 76.7 Å². The smallest absolute Gasteiger partial charge is 0.231 e. The Morgan fingerprint density at radius 3 is 2.84 bits per heavy atom. The zero-order chi connectivity index (χ0) is 13.5. The van der Waals surface area contributed by atoms with Gasteiger partial charge in [0.1, 0.15) is 0 Å². The van der Waals surface area contributed by atoms with Crippen molar-refractivity contribution in [2.45, 2.75) is 25.3 Å². The third kappa shape index (κ3) is 3.83. The van der Waals surface area contributed by atoms with E-state index in [1.54, 1.807) is 0 Å². The molecule has 0 saturated heterocycles. The van der Waals surface area contributed by atoms with Crippen LogP contribution < -0.4 is 20.5 Å². The van der Waals surface area contributed by atoms with E-state index in [0.29, 0.717) is 13.3 Å². The molecule has 2 rings (SSSR count). The van der Waals surface area contributed by atoms with Crippen LogP contribution in [0.4, 0.5) is 0 Å². The molecule has 1 atom stereocenters. The molecule has 0 spiro atoms. The molecule has 0 aliphatic carbocycles. The van der Waals surface area contributed by atoms with Crippen LogP contribution in [0.25, 0.3) is 0 Å². The highest BCUT2D eigenvalue weighted by atomic mass is 16.7. The van der Waals surface area contributed by atoms with Crippen LogP contribution in [0.3, 0.4) is 0 Å². The third-order valence-corrected chi connectivity index (χ3v) is 3.26. The summed E-state index contributed by atoms with van der Waals surface area (Å²) in [6, 6.07) is 6.06. The first-order valence-electron chi connectivity index (χ1n) is 6.79. The van der Waals surface area contributed by atoms with Gasteiger partial charge in [-0.3, -0.25) is 0 Å². The van der Waals surface area contributed by atoms with Crippen molar-refractivity contribution in [1.29, 1.82) is 0 Å². The fourth-order valence-corrected chi connectivity index (χ4v) is 2.16. The van der Waals surface area contributed by atoms with Gasteiger partial charge in [-0.2, -0.15) is 0 Å². The highest BCUT2D eigenvalue weighted by Gasteiger charge is 2.16. The second kappa shape index (κ2) is 7.33. The summed E-state index contributed by atoms with van der Waals surface area (Å²) in [4.78, 5) is 0. The van der Waals surface area contributed by atoms with Crippen LogP contribution >= 0.6 is 0 Å². The maximum absolute atomic E-state index is 8.72. The van der Waals surface area contributed by atoms with E-state index in [9.17, 15) is 0 Å². The molecule has 0 saturated carbocycles. The molecular formula is C14H22N2O3. The van der Waals surface area contributed by atoms with Crippen molar-refractivity contribution in [2.75, 3.05) is 26.5 Å². The fourth-order valence-electron chi connectivity index (χ4n) is 2.16. The van der Waals surface area contributed by atoms with Crippen LogP contribution in [0.15, 0.2) is 18.2 Å². The number of aliphatic hydroxyl groups is 1. The second-order valence-corrected chi connectivity index (χ2v) is 4.64. The number of nitrogens with one attached hydrogen (secondary N) is 1. The number of fused-ring (bicyclic) bond motifs is 1. The minimum atomic E-state index is 0.128. The molecule has 19 heavy (non-hydrogen) atoms. The number of ether oxygens (including phenoxy) is 2. The highest BCUT2D eigenvalue weighted by molar-refractivity contribution is 5.45. The van der Waals surface area contributed by atoms with Gasteiger partial charge in [0.05, 0.1) is 0 Å². The lowest BCUT2D eigenvalue weighted by Crippen LogP contribution is -2.29. The van der Waals surface area contributed by atoms with E-state index in [0.717, 1.165) is 42.9 Å². The van der Waals surface area contributed by atoms with Crippen molar-refractivity contribution < 1.29 is 14.6 Å². The quantitative estimate of drug-likeness (QED) is 0.616. The fraction of sp³-hybridized carbons (Fsp3) is 0.571. The van der Waals surface area contributed by atoms with Crippen LogP contribution in [0.5, 0.6) is 11.5 Å². The number of benzene rings is 1. The maximum atomic E-state index is 8.72. The Morgan fingerprint density at radius 1 is 1.21 bits per heavy atom. The molecular weight excluding hydrogens is 244 g/mol. The lowest BCUT2D eigenvalue weighted by atomic mass is 10.1. The molecule has 5 heteroatoms. The van der Waals surface area contributed by atoms with Crippen molar-refractivity contribution >= 4 is 0 Å². The van der Waals surface area contributed by atoms with E-state index in [4.69, 9.17) is 20.3 Å². The Morgan fingerprint density at radius 2 is 2.05 bits per heavy atom. The first-order valence-corrected chi connectivity index (χ1v) is 6.79. The Bertz CT molecular complexity index is 398. The minimum Gasteiger partial charge on any atom is -0.454 e. The first kappa shape index (κ1) is 14.1. The second-order valence-electron chi connectivity index (χ2n) is 4.64. The SMILES string of the molecule is NCC(NCCCCCO)c1ccc2c(c1)OCO2. The van der Waals surface area contributed by atoms with E-state index in [1.807, 2.05) is 18.2 Å². The predicted molar refractivity (Wildman–Crippen MR) is 73.3 cm³/mol. The van der Waals surface area contributed by atoms with Crippen LogP contribution in [0.2, 0.25) is 0 Å². The predicted octanol–water partition coefficient (Wildman–Crippen LogP) is 1.17. The van der Waals surface area contributed by atoms with Gasteiger partial charge in [0, 0.05) is 19.2 Å². The number of hydrogen-bond donors (Lipinski definition) is 3. The summed E-state index contributed by atoms with van der Waals surface area (Å²) in [7, 11) is 0. The Kier molecular flexibility index (Phi) is 5.44. The minimum absolute atomic E-state index is 0.128. The van der Waals surface area contributed by atoms with Crippen LogP contribution in [0.1, 0.15) is 30.9 Å². The van der Waals surface area contributed by atoms with Crippen molar-refractivity contribution in [3.63, 3.8) is 0 Å². The molecule has 0 bridgehead atoms. The lowest BCUT2D eigenvalue weighted by Gasteiger charge is -2.17. The summed E-state index contributed by atoms with van der Waals surface area (Å²) in [6.07, 6.45) is 2.93. The van der Waals surface area contributed by atoms with E-state index in [2.05, 4.69) is 5.32 Å². The van der Waals surface area contributed by atoms with Gasteiger partial charge in [-0.15, -0.1) is 0 Å². The number of hydrogen-bond acceptors (Lipinski definition) is 5. The Balaban J connectivity index is 1.86. The zero-order valence-electron chi connectivity index (χ0n) is 11.1. The average Bonchev–Trinajstić information content (AvgIpc) is 2.90. The van der Waals surface area contributed by atoms with Gasteiger partial charge in [0.15, 0.2) is 11.5 Å². The van der Waals surface area contributed by atoms with Crippen molar-refractivity contribution in [2.24, 2.45) is 5.73 Å². The molecule has 5 nitrogen and oxygen atoms in total. The number of nitrogens with two attached hydrogens (primary N) is 1. The van der Waals surface area contributed by atoms with Crippen molar-refractivity contribution in [3.05, 3.63) is 23.8 Å². The molecule has 0 fully saturated rings. The van der Waals surface area contributed by atoms with E-state index < -0.39 is 0 Å². The summed E-state index contributed by atoms with van der Waals surface area (Å²) in [5, 5.41) is 12.2. The highest BCUT2D eigenvalue weighted by Crippen LogP contribution is 2.33. The molecule has 106 valence electrons. The average molecular weight is 266 g/mol. The monoisotopic (exact) mass is 266 g/mol. The van der Waals surface area contributed by atoms with E-state index in [1.165, 1.54) is 0 Å². The molecule has 1 aromatic rings. The Hall–Kier alpha value is -1.30. The Labute approximate surface area is 113 Å². The van der Waals surface area contributed by atoms with Crippen LogP contribution in [-0.4, -0.2) is 31.6 Å². The maximum Gasteiger partial charge on any atom is 0.231 e. The third-order valence-electron chi connectivity index (χ3n) is 3.26. The van der Waals surface area contributed by atoms with Gasteiger partial charge in [-0.05, 0) is 43.5 Å². The van der Waals surface area contributed by atoms with Crippen molar-refractivity contribution in [3.8, 4) is 11.5 Å². The molecule has 0 radical (unpaired) electrons. The molecule has 1 aliphatic rings. The normalized spacial score (nSPS) is 14.6. The first-order chi connectivity index (χ1) is 9.35. The molecule has 1 unspecified atom stereocenters. The lowest BCUT2D eigenvalue weighted by molar-refractivity contribution is 0.174. The molecule has 0 aromatic heterocycles. The summed E-state index contributed by atoms with van der Waals surface area (Å²) >= 11 is 0. The largest absolute Gasteiger partial charge is 0.454 e. The van der Waals surface area contributed by atoms with Crippen molar-refractivity contribution in [1.82, 2.24) is 5.32 Å². The summed E-state index contributed by atoms with van der Waals surface area (Å²) in [6.45, 7) is 2.00. The molecule has 1 heterocycles. The molecule has 0 amide bonds. The van der Waals surface area contributed by atoms with Gasteiger partial charge in [0.2, 0.25) is 6.79 Å². The number of unbranched alkanes of at least 4 members (excludes halogenated alkanes) is 2. The zero-order valence-corrected chi connectivity index (χ0v) is 11.1. The molecule has 1 aliphatic heterocycles. The van der Waals surface area contributed by atoms with Gasteiger partial charge in [-0.25, -0.2) is 0 Å². The summed E-state index contributed by atoms with van der Waals surface area (Å²) < 4.78 is 10.7. The molecule has 4 N–H and O–H groups in total. The standard InChI is InChI=1S/C14H22N2O3/c15-9-12(16-6-2-1-3-7-17)11-4-5-13-14(8-11)19-10-18-13/h4-5,8,12,16-17H,1-3,6-7,9-10,15H2. The molecule has 1 aromatic carbocycles. The van der Waals surface area contributed by atoms with Crippen LogP contribution in [0, 0.1) is 0 Å². The van der Waals surface area contributed by atoms with Crippen LogP contribution in [-0.2, 0) is 0 Å². The van der Waals surface area contributed by atoms with Gasteiger partial charge in [-0.1, -0.05) is 6.07 Å². The van der Waals surface area contributed by atoms with Gasteiger partial charge in [0.25, 0.3) is 0 Å². The van der Waals surface area contributed by atoms with E-state index in [-0.39, 0.29) is 12.6 Å². The number of aliphatic hydroxyl groups excluding tert-OH is 1. The van der Waals surface area contributed by atoms with E-state index >= 15 is 0 Å². The summed E-state index contributed by atoms with van der Waals surface area (Å²) in [5.74, 6) is 1.58. The number of rotatable bonds is 8. The van der Waals surface area contributed by atoms with Gasteiger partial charge < -0.3 is 25.6 Å².